The molecule has 7 heteroatoms. The predicted octanol–water partition coefficient (Wildman–Crippen LogP) is 5.14. The largest absolute Gasteiger partial charge is 0.297 e. The van der Waals surface area contributed by atoms with Crippen LogP contribution in [0.2, 0.25) is 10.0 Å². The minimum Gasteiger partial charge on any atom is -0.257 e. The molecule has 22 heavy (non-hydrogen) atoms. The third kappa shape index (κ3) is 4.24. The summed E-state index contributed by atoms with van der Waals surface area (Å²) >= 11 is 15.2. The first-order valence-electron chi connectivity index (χ1n) is 6.34. The van der Waals surface area contributed by atoms with Gasteiger partial charge in [-0.1, -0.05) is 62.9 Å². The van der Waals surface area contributed by atoms with Gasteiger partial charge in [-0.15, -0.1) is 0 Å². The zero-order valence-electron chi connectivity index (χ0n) is 11.6. The second-order valence-electron chi connectivity index (χ2n) is 4.67. The second-order valence-corrected chi connectivity index (χ2v) is 7.74. The summed E-state index contributed by atoms with van der Waals surface area (Å²) in [6.07, 6.45) is -0.740. The van der Waals surface area contributed by atoms with Crippen LogP contribution in [0.1, 0.15) is 17.2 Å². The van der Waals surface area contributed by atoms with Crippen molar-refractivity contribution in [3.05, 3.63) is 63.6 Å². The SMILES string of the molecule is Cc1ccc(S(=O)(=O)O[C@H](CBr)c2ccc(Cl)cc2Cl)cc1. The minimum atomic E-state index is -3.89. The quantitative estimate of drug-likeness (QED) is 0.493. The highest BCUT2D eigenvalue weighted by Gasteiger charge is 2.24. The van der Waals surface area contributed by atoms with Gasteiger partial charge in [0.2, 0.25) is 0 Å². The molecular weight excluding hydrogens is 411 g/mol. The van der Waals surface area contributed by atoms with E-state index in [1.165, 1.54) is 12.1 Å². The number of hydrogen-bond donors (Lipinski definition) is 0. The number of rotatable bonds is 5. The molecule has 0 spiro atoms. The molecule has 118 valence electrons. The Morgan fingerprint density at radius 3 is 2.32 bits per heavy atom. The minimum absolute atomic E-state index is 0.106. The predicted molar refractivity (Wildman–Crippen MR) is 92.4 cm³/mol. The molecule has 2 aromatic rings. The lowest BCUT2D eigenvalue weighted by atomic mass is 10.1. The van der Waals surface area contributed by atoms with Crippen LogP contribution >= 0.6 is 39.1 Å². The van der Waals surface area contributed by atoms with Gasteiger partial charge < -0.3 is 0 Å². The van der Waals surface area contributed by atoms with E-state index in [1.807, 2.05) is 6.92 Å². The number of halogens is 3. The maximum Gasteiger partial charge on any atom is 0.297 e. The van der Waals surface area contributed by atoms with Gasteiger partial charge in [-0.05, 0) is 31.2 Å². The van der Waals surface area contributed by atoms with Gasteiger partial charge in [0, 0.05) is 20.9 Å². The van der Waals surface area contributed by atoms with Crippen LogP contribution in [0, 0.1) is 6.92 Å². The van der Waals surface area contributed by atoms with Crippen LogP contribution < -0.4 is 0 Å². The molecule has 0 saturated heterocycles. The molecule has 0 amide bonds. The van der Waals surface area contributed by atoms with E-state index in [4.69, 9.17) is 27.4 Å². The van der Waals surface area contributed by atoms with Crippen LogP contribution in [0.25, 0.3) is 0 Å². The average Bonchev–Trinajstić information content (AvgIpc) is 2.46. The molecule has 0 radical (unpaired) electrons. The van der Waals surface area contributed by atoms with Crippen LogP contribution in [-0.4, -0.2) is 13.7 Å². The highest BCUT2D eigenvalue weighted by Crippen LogP contribution is 2.32. The Hall–Kier alpha value is -0.590. The molecule has 0 saturated carbocycles. The van der Waals surface area contributed by atoms with E-state index in [-0.39, 0.29) is 10.2 Å². The number of alkyl halides is 1. The van der Waals surface area contributed by atoms with E-state index in [9.17, 15) is 8.42 Å². The Labute approximate surface area is 148 Å². The van der Waals surface area contributed by atoms with Crippen LogP contribution in [-0.2, 0) is 14.3 Å². The molecule has 2 aromatic carbocycles. The van der Waals surface area contributed by atoms with Gasteiger partial charge >= 0.3 is 0 Å². The molecule has 0 aliphatic carbocycles. The fourth-order valence-electron chi connectivity index (χ4n) is 1.84. The van der Waals surface area contributed by atoms with Crippen molar-refractivity contribution in [3.8, 4) is 0 Å². The molecule has 3 nitrogen and oxygen atoms in total. The summed E-state index contributed by atoms with van der Waals surface area (Å²) in [6.45, 7) is 1.88. The van der Waals surface area contributed by atoms with Crippen molar-refractivity contribution in [1.29, 1.82) is 0 Å². The van der Waals surface area contributed by atoms with Gasteiger partial charge in [-0.3, -0.25) is 4.18 Å². The normalized spacial score (nSPS) is 13.1. The monoisotopic (exact) mass is 422 g/mol. The molecule has 0 N–H and O–H groups in total. The third-order valence-electron chi connectivity index (χ3n) is 3.00. The summed E-state index contributed by atoms with van der Waals surface area (Å²) < 4.78 is 30.0. The molecule has 0 aromatic heterocycles. The zero-order valence-corrected chi connectivity index (χ0v) is 15.5. The second kappa shape index (κ2) is 7.32. The van der Waals surface area contributed by atoms with E-state index < -0.39 is 16.2 Å². The van der Waals surface area contributed by atoms with Gasteiger partial charge in [0.1, 0.15) is 6.10 Å². The average molecular weight is 424 g/mol. The highest BCUT2D eigenvalue weighted by atomic mass is 79.9. The molecule has 0 aliphatic heterocycles. The summed E-state index contributed by atoms with van der Waals surface area (Å²) in [5.74, 6) is 0. The fraction of sp³-hybridized carbons (Fsp3) is 0.200. The summed E-state index contributed by atoms with van der Waals surface area (Å²) in [4.78, 5) is 0.106. The maximum atomic E-state index is 12.4. The van der Waals surface area contributed by atoms with Crippen LogP contribution in [0.15, 0.2) is 47.4 Å². The lowest BCUT2D eigenvalue weighted by Gasteiger charge is -2.17. The van der Waals surface area contributed by atoms with Gasteiger partial charge in [-0.2, -0.15) is 8.42 Å². The Bertz CT molecular complexity index is 761. The summed E-state index contributed by atoms with van der Waals surface area (Å²) in [6, 6.07) is 11.3. The smallest absolute Gasteiger partial charge is 0.257 e. The third-order valence-corrected chi connectivity index (χ3v) is 5.49. The molecule has 2 rings (SSSR count). The number of benzene rings is 2. The Morgan fingerprint density at radius 2 is 1.77 bits per heavy atom. The van der Waals surface area contributed by atoms with Crippen LogP contribution in [0.5, 0.6) is 0 Å². The zero-order chi connectivity index (χ0) is 16.3. The first kappa shape index (κ1) is 17.8. The van der Waals surface area contributed by atoms with E-state index in [1.54, 1.807) is 30.3 Å². The van der Waals surface area contributed by atoms with E-state index in [0.717, 1.165) is 5.56 Å². The molecule has 0 bridgehead atoms. The van der Waals surface area contributed by atoms with E-state index in [2.05, 4.69) is 15.9 Å². The summed E-state index contributed by atoms with van der Waals surface area (Å²) in [7, 11) is -3.89. The standard InChI is InChI=1S/C15H13BrCl2O3S/c1-10-2-5-12(6-3-10)22(19,20)21-15(9-16)13-7-4-11(17)8-14(13)18/h2-8,15H,9H2,1H3/t15-/m1/s1. The molecular formula is C15H13BrCl2O3S. The van der Waals surface area contributed by atoms with Crippen molar-refractivity contribution >= 4 is 49.2 Å². The van der Waals surface area contributed by atoms with Gasteiger partial charge in [-0.25, -0.2) is 0 Å². The molecule has 0 aliphatic rings. The van der Waals surface area contributed by atoms with Crippen molar-refractivity contribution in [2.24, 2.45) is 0 Å². The molecule has 0 unspecified atom stereocenters. The van der Waals surface area contributed by atoms with E-state index >= 15 is 0 Å². The number of hydrogen-bond acceptors (Lipinski definition) is 3. The van der Waals surface area contributed by atoms with Crippen molar-refractivity contribution in [2.75, 3.05) is 5.33 Å². The highest BCUT2D eigenvalue weighted by molar-refractivity contribution is 9.09. The van der Waals surface area contributed by atoms with Crippen molar-refractivity contribution < 1.29 is 12.6 Å². The fourth-order valence-corrected chi connectivity index (χ4v) is 4.08. The van der Waals surface area contributed by atoms with Crippen molar-refractivity contribution in [2.45, 2.75) is 17.9 Å². The number of aryl methyl sites for hydroxylation is 1. The molecule has 0 fully saturated rings. The summed E-state index contributed by atoms with van der Waals surface area (Å²) in [5, 5.41) is 1.11. The maximum absolute atomic E-state index is 12.4. The Kier molecular flexibility index (Phi) is 5.91. The molecule has 1 atom stereocenters. The topological polar surface area (TPSA) is 43.4 Å². The van der Waals surface area contributed by atoms with Crippen molar-refractivity contribution in [1.82, 2.24) is 0 Å². The Morgan fingerprint density at radius 1 is 1.14 bits per heavy atom. The Balaban J connectivity index is 2.31. The first-order chi connectivity index (χ1) is 10.3. The molecule has 0 heterocycles. The van der Waals surface area contributed by atoms with Crippen LogP contribution in [0.3, 0.4) is 0 Å². The van der Waals surface area contributed by atoms with Gasteiger partial charge in [0.25, 0.3) is 10.1 Å². The van der Waals surface area contributed by atoms with Crippen molar-refractivity contribution in [3.63, 3.8) is 0 Å². The van der Waals surface area contributed by atoms with Gasteiger partial charge in [0.15, 0.2) is 0 Å². The summed E-state index contributed by atoms with van der Waals surface area (Å²) in [5.41, 5.74) is 1.52. The van der Waals surface area contributed by atoms with Crippen LogP contribution in [0.4, 0.5) is 0 Å². The lowest BCUT2D eigenvalue weighted by molar-refractivity contribution is 0.240. The lowest BCUT2D eigenvalue weighted by Crippen LogP contribution is -2.14. The first-order valence-corrected chi connectivity index (χ1v) is 9.63. The van der Waals surface area contributed by atoms with E-state index in [0.29, 0.717) is 15.6 Å². The van der Waals surface area contributed by atoms with Gasteiger partial charge in [0.05, 0.1) is 4.90 Å².